The molecule has 0 bridgehead atoms. The number of esters is 1. The molecule has 0 aromatic heterocycles. The first-order valence-corrected chi connectivity index (χ1v) is 24.7. The van der Waals surface area contributed by atoms with Crippen molar-refractivity contribution >= 4 is 11.9 Å². The number of unbranched alkanes of at least 4 members (excludes halogenated alkanes) is 35. The monoisotopic (exact) mass is 812 g/mol. The normalized spacial score (nSPS) is 12.9. The molecule has 0 saturated heterocycles. The molecule has 0 aliphatic heterocycles. The van der Waals surface area contributed by atoms with Gasteiger partial charge in [0.2, 0.25) is 0 Å². The van der Waals surface area contributed by atoms with Crippen molar-refractivity contribution in [1.82, 2.24) is 0 Å². The number of carbonyl (C=O) groups excluding carboxylic acids is 2. The number of carboxylic acids is 1. The molecular formula is C49H97NO7. The van der Waals surface area contributed by atoms with E-state index in [9.17, 15) is 19.8 Å². The molecule has 0 rings (SSSR count). The maximum Gasteiger partial charge on any atom is 0.305 e. The maximum atomic E-state index is 12.0. The molecule has 1 N–H and O–H groups in total. The number of likely N-dealkylation sites (N-methyl/N-ethyl adjacent to an activating group) is 1. The van der Waals surface area contributed by atoms with Gasteiger partial charge in [0.15, 0.2) is 6.29 Å². The van der Waals surface area contributed by atoms with Gasteiger partial charge in [-0.05, 0) is 6.42 Å². The average Bonchev–Trinajstić information content (AvgIpc) is 3.17. The van der Waals surface area contributed by atoms with Gasteiger partial charge >= 0.3 is 5.97 Å². The lowest BCUT2D eigenvalue weighted by Crippen LogP contribution is -2.44. The minimum absolute atomic E-state index is 0.174. The molecule has 0 spiro atoms. The van der Waals surface area contributed by atoms with Crippen LogP contribution in [0.5, 0.6) is 0 Å². The number of carbonyl (C=O) groups is 2. The van der Waals surface area contributed by atoms with E-state index in [4.69, 9.17) is 14.2 Å². The molecule has 57 heavy (non-hydrogen) atoms. The molecule has 0 heterocycles. The molecule has 0 fully saturated rings. The number of aliphatic hydroxyl groups excluding tert-OH is 1. The van der Waals surface area contributed by atoms with Crippen LogP contribution in [0.1, 0.15) is 244 Å². The van der Waals surface area contributed by atoms with Crippen molar-refractivity contribution in [3.63, 3.8) is 0 Å². The van der Waals surface area contributed by atoms with E-state index in [0.29, 0.717) is 17.4 Å². The van der Waals surface area contributed by atoms with Crippen LogP contribution in [0.4, 0.5) is 0 Å². The quantitative estimate of drug-likeness (QED) is 0.0282. The molecule has 2 unspecified atom stereocenters. The number of rotatable bonds is 47. The molecule has 8 nitrogen and oxygen atoms in total. The van der Waals surface area contributed by atoms with Crippen LogP contribution in [0.15, 0.2) is 0 Å². The summed E-state index contributed by atoms with van der Waals surface area (Å²) in [4.78, 5) is 23.2. The van der Waals surface area contributed by atoms with Crippen LogP contribution in [0, 0.1) is 0 Å². The Kier molecular flexibility index (Phi) is 42.0. The fraction of sp³-hybridized carbons (Fsp3) is 0.959. The van der Waals surface area contributed by atoms with Crippen molar-refractivity contribution in [2.45, 2.75) is 257 Å². The van der Waals surface area contributed by atoms with E-state index in [2.05, 4.69) is 6.92 Å². The average molecular weight is 812 g/mol. The fourth-order valence-corrected chi connectivity index (χ4v) is 7.48. The second-order valence-electron chi connectivity index (χ2n) is 18.3. The molecule has 0 radical (unpaired) electrons. The van der Waals surface area contributed by atoms with Crippen molar-refractivity contribution in [3.05, 3.63) is 0 Å². The molecule has 0 saturated carbocycles. The van der Waals surface area contributed by atoms with Crippen molar-refractivity contribution in [3.8, 4) is 0 Å². The number of quaternary nitrogens is 1. The molecule has 0 aromatic rings. The van der Waals surface area contributed by atoms with Crippen molar-refractivity contribution in [1.29, 1.82) is 0 Å². The third kappa shape index (κ3) is 45.7. The third-order valence-electron chi connectivity index (χ3n) is 11.3. The number of hydrogen-bond acceptors (Lipinski definition) is 7. The lowest BCUT2D eigenvalue weighted by molar-refractivity contribution is -0.870. The standard InChI is InChI=1S/C49H97NO7/c1-5-6-7-8-9-10-11-12-13-14-15-16-17-18-19-20-21-22-23-24-25-26-27-28-29-30-31-32-33-34-35-36-37-38-39-40-41-47(52)56-44-46(51)45-57-49(48(53)54)55-43-42-50(2,3)4/h46,49,51H,5-45H2,1-4H3. The molecular weight excluding hydrogens is 715 g/mol. The Balaban J connectivity index is 3.30. The number of carboxylic acid groups (broad SMARTS) is 1. The second kappa shape index (κ2) is 42.9. The van der Waals surface area contributed by atoms with E-state index in [-0.39, 0.29) is 25.8 Å². The summed E-state index contributed by atoms with van der Waals surface area (Å²) < 4.78 is 16.1. The van der Waals surface area contributed by atoms with Gasteiger partial charge in [0.25, 0.3) is 0 Å². The largest absolute Gasteiger partial charge is 0.545 e. The summed E-state index contributed by atoms with van der Waals surface area (Å²) in [5, 5.41) is 21.2. The Bertz CT molecular complexity index is 848. The lowest BCUT2D eigenvalue weighted by Gasteiger charge is -2.26. The van der Waals surface area contributed by atoms with E-state index >= 15 is 0 Å². The summed E-state index contributed by atoms with van der Waals surface area (Å²) in [5.74, 6) is -1.86. The number of hydrogen-bond donors (Lipinski definition) is 1. The zero-order valence-corrected chi connectivity index (χ0v) is 38.5. The molecule has 340 valence electrons. The minimum atomic E-state index is -1.57. The van der Waals surface area contributed by atoms with E-state index in [1.165, 1.54) is 212 Å². The van der Waals surface area contributed by atoms with Crippen LogP contribution in [0.3, 0.4) is 0 Å². The summed E-state index contributed by atoms with van der Waals surface area (Å²) in [7, 11) is 5.88. The predicted octanol–water partition coefficient (Wildman–Crippen LogP) is 12.2. The highest BCUT2D eigenvalue weighted by molar-refractivity contribution is 5.69. The first-order chi connectivity index (χ1) is 27.7. The van der Waals surface area contributed by atoms with Gasteiger partial charge in [-0.1, -0.05) is 232 Å². The Hall–Kier alpha value is -1.22. The van der Waals surface area contributed by atoms with E-state index in [1.807, 2.05) is 21.1 Å². The molecule has 8 heteroatoms. The molecule has 2 atom stereocenters. The highest BCUT2D eigenvalue weighted by Crippen LogP contribution is 2.17. The van der Waals surface area contributed by atoms with Crippen molar-refractivity contribution in [2.24, 2.45) is 0 Å². The van der Waals surface area contributed by atoms with Crippen LogP contribution in [0.25, 0.3) is 0 Å². The van der Waals surface area contributed by atoms with Crippen LogP contribution < -0.4 is 5.11 Å². The lowest BCUT2D eigenvalue weighted by atomic mass is 10.0. The van der Waals surface area contributed by atoms with Crippen molar-refractivity contribution < 1.29 is 38.5 Å². The Morgan fingerprint density at radius 2 is 0.772 bits per heavy atom. The summed E-state index contributed by atoms with van der Waals surface area (Å²) >= 11 is 0. The predicted molar refractivity (Wildman–Crippen MR) is 237 cm³/mol. The fourth-order valence-electron chi connectivity index (χ4n) is 7.48. The van der Waals surface area contributed by atoms with Gasteiger partial charge in [-0.3, -0.25) is 4.79 Å². The summed E-state index contributed by atoms with van der Waals surface area (Å²) in [5.41, 5.74) is 0. The van der Waals surface area contributed by atoms with Crippen LogP contribution >= 0.6 is 0 Å². The summed E-state index contributed by atoms with van der Waals surface area (Å²) in [6.45, 7) is 2.50. The van der Waals surface area contributed by atoms with Gasteiger partial charge in [0.05, 0.1) is 40.3 Å². The zero-order valence-electron chi connectivity index (χ0n) is 38.5. The zero-order chi connectivity index (χ0) is 41.9. The summed E-state index contributed by atoms with van der Waals surface area (Å²) in [6.07, 6.45) is 47.5. The molecule has 0 amide bonds. The Labute approximate surface area is 353 Å². The first kappa shape index (κ1) is 55.8. The molecule has 0 aromatic carbocycles. The van der Waals surface area contributed by atoms with E-state index in [0.717, 1.165) is 19.3 Å². The third-order valence-corrected chi connectivity index (χ3v) is 11.3. The SMILES string of the molecule is CCCCCCCCCCCCCCCCCCCCCCCCCCCCCCCCCCCCCCC(=O)OCC(O)COC(OCC[N+](C)(C)C)C(=O)[O-]. The van der Waals surface area contributed by atoms with Crippen LogP contribution in [-0.2, 0) is 23.8 Å². The topological polar surface area (TPSA) is 105 Å². The van der Waals surface area contributed by atoms with E-state index < -0.39 is 18.4 Å². The maximum absolute atomic E-state index is 12.0. The van der Waals surface area contributed by atoms with Gasteiger partial charge in [-0.25, -0.2) is 0 Å². The molecule has 0 aliphatic carbocycles. The van der Waals surface area contributed by atoms with Gasteiger partial charge in [-0.15, -0.1) is 0 Å². The highest BCUT2D eigenvalue weighted by Gasteiger charge is 2.17. The van der Waals surface area contributed by atoms with E-state index in [1.54, 1.807) is 0 Å². The number of ether oxygens (including phenoxy) is 3. The smallest absolute Gasteiger partial charge is 0.305 e. The van der Waals surface area contributed by atoms with Gasteiger partial charge in [0, 0.05) is 6.42 Å². The highest BCUT2D eigenvalue weighted by atomic mass is 16.7. The summed E-state index contributed by atoms with van der Waals surface area (Å²) in [6, 6.07) is 0. The minimum Gasteiger partial charge on any atom is -0.545 e. The molecule has 0 aliphatic rings. The van der Waals surface area contributed by atoms with Gasteiger partial charge in [0.1, 0.15) is 19.3 Å². The number of aliphatic carboxylic acids is 1. The number of aliphatic hydroxyl groups is 1. The van der Waals surface area contributed by atoms with Gasteiger partial charge in [-0.2, -0.15) is 0 Å². The Morgan fingerprint density at radius 3 is 1.05 bits per heavy atom. The number of nitrogens with zero attached hydrogens (tertiary/aromatic N) is 1. The van der Waals surface area contributed by atoms with Crippen LogP contribution in [0.2, 0.25) is 0 Å². The first-order valence-electron chi connectivity index (χ1n) is 24.7. The Morgan fingerprint density at radius 1 is 0.474 bits per heavy atom. The van der Waals surface area contributed by atoms with Crippen LogP contribution in [-0.4, -0.2) is 81.4 Å². The second-order valence-corrected chi connectivity index (χ2v) is 18.3. The van der Waals surface area contributed by atoms with Gasteiger partial charge < -0.3 is 33.7 Å². The van der Waals surface area contributed by atoms with Crippen molar-refractivity contribution in [2.75, 3.05) is 47.5 Å².